The number of amidine groups is 1. The topological polar surface area (TPSA) is 77.0 Å². The molecule has 1 aliphatic rings. The van der Waals surface area contributed by atoms with Crippen molar-refractivity contribution in [3.05, 3.63) is 59.7 Å². The van der Waals surface area contributed by atoms with E-state index >= 15 is 0 Å². The molecule has 2 aromatic carbocycles. The number of nitrogens with zero attached hydrogens (tertiary/aromatic N) is 1. The van der Waals surface area contributed by atoms with E-state index in [1.165, 1.54) is 0 Å². The zero-order valence-electron chi connectivity index (χ0n) is 13.2. The SMILES string of the molecule is COc1ccc(COCCN=C2NS(=O)(=O)c3ccccc32)cc1. The molecule has 0 spiro atoms. The van der Waals surface area contributed by atoms with Gasteiger partial charge in [0.2, 0.25) is 0 Å². The third kappa shape index (κ3) is 3.58. The van der Waals surface area contributed by atoms with Gasteiger partial charge in [0.1, 0.15) is 11.6 Å². The zero-order valence-corrected chi connectivity index (χ0v) is 14.0. The Morgan fingerprint density at radius 3 is 2.58 bits per heavy atom. The van der Waals surface area contributed by atoms with E-state index in [2.05, 4.69) is 9.71 Å². The smallest absolute Gasteiger partial charge is 0.263 e. The highest BCUT2D eigenvalue weighted by molar-refractivity contribution is 7.90. The van der Waals surface area contributed by atoms with Crippen molar-refractivity contribution in [2.75, 3.05) is 20.3 Å². The molecule has 24 heavy (non-hydrogen) atoms. The summed E-state index contributed by atoms with van der Waals surface area (Å²) in [4.78, 5) is 4.57. The predicted octanol–water partition coefficient (Wildman–Crippen LogP) is 1.95. The van der Waals surface area contributed by atoms with Gasteiger partial charge < -0.3 is 9.47 Å². The number of hydrogen-bond donors (Lipinski definition) is 1. The number of benzene rings is 2. The van der Waals surface area contributed by atoms with Crippen LogP contribution in [0.3, 0.4) is 0 Å². The summed E-state index contributed by atoms with van der Waals surface area (Å²) in [5.74, 6) is 1.18. The van der Waals surface area contributed by atoms with Crippen LogP contribution in [0.1, 0.15) is 11.1 Å². The van der Waals surface area contributed by atoms with Gasteiger partial charge in [0.15, 0.2) is 0 Å². The third-order valence-corrected chi connectivity index (χ3v) is 4.99. The minimum atomic E-state index is -3.48. The molecule has 1 N–H and O–H groups in total. The Morgan fingerprint density at radius 1 is 1.08 bits per heavy atom. The molecule has 0 aromatic heterocycles. The number of nitrogens with one attached hydrogen (secondary N) is 1. The normalized spacial score (nSPS) is 16.6. The van der Waals surface area contributed by atoms with E-state index in [1.54, 1.807) is 31.4 Å². The van der Waals surface area contributed by atoms with Gasteiger partial charge in [0.25, 0.3) is 10.0 Å². The maximum absolute atomic E-state index is 12.0. The first-order valence-corrected chi connectivity index (χ1v) is 8.96. The predicted molar refractivity (Wildman–Crippen MR) is 90.8 cm³/mol. The van der Waals surface area contributed by atoms with E-state index in [1.807, 2.05) is 24.3 Å². The molecule has 0 unspecified atom stereocenters. The molecule has 0 saturated carbocycles. The van der Waals surface area contributed by atoms with Crippen LogP contribution >= 0.6 is 0 Å². The van der Waals surface area contributed by atoms with Gasteiger partial charge in [0.05, 0.1) is 31.8 Å². The van der Waals surface area contributed by atoms with Crippen molar-refractivity contribution in [3.63, 3.8) is 0 Å². The van der Waals surface area contributed by atoms with Crippen LogP contribution in [0.25, 0.3) is 0 Å². The lowest BCUT2D eigenvalue weighted by atomic mass is 10.2. The lowest BCUT2D eigenvalue weighted by Crippen LogP contribution is -2.22. The summed E-state index contributed by atoms with van der Waals surface area (Å²) in [6.45, 7) is 1.25. The van der Waals surface area contributed by atoms with Crippen LogP contribution in [0, 0.1) is 0 Å². The highest BCUT2D eigenvalue weighted by Gasteiger charge is 2.29. The molecule has 0 amide bonds. The summed E-state index contributed by atoms with van der Waals surface area (Å²) in [5, 5.41) is 0. The van der Waals surface area contributed by atoms with Crippen molar-refractivity contribution in [1.82, 2.24) is 4.72 Å². The molecule has 0 aliphatic carbocycles. The second-order valence-corrected chi connectivity index (χ2v) is 6.88. The van der Waals surface area contributed by atoms with Crippen molar-refractivity contribution in [1.29, 1.82) is 0 Å². The molecule has 0 bridgehead atoms. The van der Waals surface area contributed by atoms with Gasteiger partial charge in [-0.05, 0) is 29.8 Å². The van der Waals surface area contributed by atoms with Crippen molar-refractivity contribution < 1.29 is 17.9 Å². The highest BCUT2D eigenvalue weighted by atomic mass is 32.2. The van der Waals surface area contributed by atoms with E-state index < -0.39 is 10.0 Å². The number of fused-ring (bicyclic) bond motifs is 1. The maximum Gasteiger partial charge on any atom is 0.263 e. The van der Waals surface area contributed by atoms with Crippen LogP contribution in [0.5, 0.6) is 5.75 Å². The number of rotatable bonds is 6. The lowest BCUT2D eigenvalue weighted by molar-refractivity contribution is 0.128. The van der Waals surface area contributed by atoms with Crippen LogP contribution in [0.15, 0.2) is 58.4 Å². The lowest BCUT2D eigenvalue weighted by Gasteiger charge is -2.05. The number of aliphatic imine (C=N–C) groups is 1. The van der Waals surface area contributed by atoms with E-state index in [4.69, 9.17) is 9.47 Å². The molecule has 0 saturated heterocycles. The zero-order chi connectivity index (χ0) is 17.0. The van der Waals surface area contributed by atoms with Crippen molar-refractivity contribution >= 4 is 15.9 Å². The summed E-state index contributed by atoms with van der Waals surface area (Å²) in [7, 11) is -1.86. The molecular weight excluding hydrogens is 328 g/mol. The average molecular weight is 346 g/mol. The molecule has 126 valence electrons. The van der Waals surface area contributed by atoms with E-state index in [-0.39, 0.29) is 4.90 Å². The molecule has 1 heterocycles. The second kappa shape index (κ2) is 7.02. The monoisotopic (exact) mass is 346 g/mol. The van der Waals surface area contributed by atoms with Gasteiger partial charge in [-0.25, -0.2) is 8.42 Å². The van der Waals surface area contributed by atoms with Crippen LogP contribution in [0.2, 0.25) is 0 Å². The van der Waals surface area contributed by atoms with Gasteiger partial charge in [-0.3, -0.25) is 9.71 Å². The highest BCUT2D eigenvalue weighted by Crippen LogP contribution is 2.22. The van der Waals surface area contributed by atoms with Crippen molar-refractivity contribution in [2.24, 2.45) is 4.99 Å². The van der Waals surface area contributed by atoms with Crippen molar-refractivity contribution in [3.8, 4) is 5.75 Å². The van der Waals surface area contributed by atoms with Gasteiger partial charge in [-0.1, -0.05) is 24.3 Å². The molecule has 0 radical (unpaired) electrons. The summed E-state index contributed by atoms with van der Waals surface area (Å²) >= 11 is 0. The fourth-order valence-electron chi connectivity index (χ4n) is 2.39. The Kier molecular flexibility index (Phi) is 4.82. The van der Waals surface area contributed by atoms with Crippen molar-refractivity contribution in [2.45, 2.75) is 11.5 Å². The number of methoxy groups -OCH3 is 1. The second-order valence-electron chi connectivity index (χ2n) is 5.23. The Bertz CT molecular complexity index is 845. The molecule has 2 aromatic rings. The van der Waals surface area contributed by atoms with Crippen LogP contribution in [0.4, 0.5) is 0 Å². The van der Waals surface area contributed by atoms with Gasteiger partial charge >= 0.3 is 0 Å². The van der Waals surface area contributed by atoms with Gasteiger partial charge in [-0.15, -0.1) is 0 Å². The Balaban J connectivity index is 1.54. The molecule has 0 fully saturated rings. The summed E-state index contributed by atoms with van der Waals surface area (Å²) < 4.78 is 37.0. The average Bonchev–Trinajstić information content (AvgIpc) is 2.86. The van der Waals surface area contributed by atoms with E-state index in [0.717, 1.165) is 11.3 Å². The third-order valence-electron chi connectivity index (χ3n) is 3.60. The Hall–Kier alpha value is -2.38. The van der Waals surface area contributed by atoms with Crippen LogP contribution < -0.4 is 9.46 Å². The maximum atomic E-state index is 12.0. The quantitative estimate of drug-likeness (QED) is 0.811. The van der Waals surface area contributed by atoms with Crippen LogP contribution in [-0.4, -0.2) is 34.5 Å². The fourth-order valence-corrected chi connectivity index (χ4v) is 3.64. The molecule has 1 aliphatic heterocycles. The number of sulfonamides is 1. The first kappa shape index (κ1) is 16.5. The Morgan fingerprint density at radius 2 is 1.83 bits per heavy atom. The Labute approximate surface area is 141 Å². The largest absolute Gasteiger partial charge is 0.497 e. The first-order chi connectivity index (χ1) is 11.6. The van der Waals surface area contributed by atoms with Crippen LogP contribution in [-0.2, 0) is 21.4 Å². The minimum absolute atomic E-state index is 0.267. The standard InChI is InChI=1S/C17H18N2O4S/c1-22-14-8-6-13(7-9-14)12-23-11-10-18-17-15-4-2-3-5-16(15)24(20,21)19-17/h2-9H,10-12H2,1H3,(H,18,19). The summed E-state index contributed by atoms with van der Waals surface area (Å²) in [6, 6.07) is 14.4. The summed E-state index contributed by atoms with van der Waals surface area (Å²) in [5.41, 5.74) is 1.64. The van der Waals surface area contributed by atoms with Gasteiger partial charge in [0, 0.05) is 5.56 Å². The number of ether oxygens (including phenoxy) is 2. The van der Waals surface area contributed by atoms with Gasteiger partial charge in [-0.2, -0.15) is 0 Å². The fraction of sp³-hybridized carbons (Fsp3) is 0.235. The first-order valence-electron chi connectivity index (χ1n) is 7.47. The van der Waals surface area contributed by atoms with E-state index in [9.17, 15) is 8.42 Å². The minimum Gasteiger partial charge on any atom is -0.497 e. The molecular formula is C17H18N2O4S. The summed E-state index contributed by atoms with van der Waals surface area (Å²) in [6.07, 6.45) is 0. The molecule has 0 atom stereocenters. The van der Waals surface area contributed by atoms with E-state index in [0.29, 0.717) is 31.2 Å². The molecule has 3 rings (SSSR count). The number of hydrogen-bond acceptors (Lipinski definition) is 5. The molecule has 6 nitrogen and oxygen atoms in total. The molecule has 7 heteroatoms.